The first-order chi connectivity index (χ1) is 26.9. The lowest BCUT2D eigenvalue weighted by Crippen LogP contribution is -2.47. The van der Waals surface area contributed by atoms with Crippen molar-refractivity contribution in [2.24, 2.45) is 5.41 Å². The third-order valence-electron chi connectivity index (χ3n) is 10.3. The Bertz CT molecular complexity index is 2400. The number of aromatic amines is 1. The number of halogens is 2. The monoisotopic (exact) mass is 815 g/mol. The number of carbonyl (C=O) groups is 1. The molecule has 11 nitrogen and oxygen atoms in total. The number of hydrogen-bond donors (Lipinski definition) is 3. The molecule has 0 bridgehead atoms. The molecule has 14 heteroatoms. The number of nitrogens with zero attached hydrogens (tertiary/aromatic N) is 3. The van der Waals surface area contributed by atoms with E-state index < -0.39 is 15.9 Å². The number of ether oxygens (including phenoxy) is 2. The fraction of sp³-hybridized carbons (Fsp3) is 0.286. The number of benzene rings is 4. The minimum atomic E-state index is -4.36. The molecule has 56 heavy (non-hydrogen) atoms. The maximum atomic E-state index is 13.8. The van der Waals surface area contributed by atoms with Crippen LogP contribution in [0.25, 0.3) is 16.5 Å². The van der Waals surface area contributed by atoms with Gasteiger partial charge in [0, 0.05) is 49.5 Å². The van der Waals surface area contributed by atoms with Crippen LogP contribution in [0.1, 0.15) is 49.0 Å². The fourth-order valence-corrected chi connectivity index (χ4v) is 8.63. The minimum Gasteiger partial charge on any atom is -0.516 e. The number of fused-ring (bicyclic) bond motifs is 1. The molecule has 0 saturated carbocycles. The van der Waals surface area contributed by atoms with Gasteiger partial charge in [0.25, 0.3) is 15.9 Å². The van der Waals surface area contributed by atoms with E-state index in [4.69, 9.17) is 37.8 Å². The molecule has 3 N–H and O–H groups in total. The number of allylic oxidation sites excluding steroid dienone is 1. The summed E-state index contributed by atoms with van der Waals surface area (Å²) in [5, 5.41) is 17.4. The highest BCUT2D eigenvalue weighted by molar-refractivity contribution is 7.90. The number of aromatic nitrogens is 2. The number of amides is 1. The Morgan fingerprint density at radius 1 is 0.982 bits per heavy atom. The van der Waals surface area contributed by atoms with Crippen molar-refractivity contribution >= 4 is 61.3 Å². The number of nitrogens with one attached hydrogen (secondary N) is 2. The molecule has 1 aliphatic carbocycles. The Morgan fingerprint density at radius 3 is 2.52 bits per heavy atom. The predicted molar refractivity (Wildman–Crippen MR) is 221 cm³/mol. The van der Waals surface area contributed by atoms with Gasteiger partial charge in [-0.25, -0.2) is 13.1 Å². The molecule has 1 aliphatic heterocycles. The molecule has 292 valence electrons. The van der Waals surface area contributed by atoms with E-state index in [-0.39, 0.29) is 39.0 Å². The molecular formula is C42H43Cl2N5O6S. The first-order valence-corrected chi connectivity index (χ1v) is 20.6. The zero-order valence-corrected chi connectivity index (χ0v) is 33.4. The van der Waals surface area contributed by atoms with Crippen LogP contribution in [0, 0.1) is 5.41 Å². The topological polar surface area (TPSA) is 137 Å². The fourth-order valence-electron chi connectivity index (χ4n) is 7.21. The van der Waals surface area contributed by atoms with Crippen LogP contribution in [-0.4, -0.2) is 73.9 Å². The van der Waals surface area contributed by atoms with E-state index in [1.807, 2.05) is 24.3 Å². The number of H-pyrrole nitrogens is 1. The van der Waals surface area contributed by atoms with Crippen LogP contribution in [0.15, 0.2) is 108 Å². The lowest BCUT2D eigenvalue weighted by molar-refractivity contribution is 0.0979. The van der Waals surface area contributed by atoms with Crippen LogP contribution in [-0.2, 0) is 10.0 Å². The molecular weight excluding hydrogens is 773 g/mol. The second-order valence-electron chi connectivity index (χ2n) is 14.8. The van der Waals surface area contributed by atoms with Gasteiger partial charge in [0.1, 0.15) is 23.9 Å². The van der Waals surface area contributed by atoms with Crippen molar-refractivity contribution in [1.82, 2.24) is 19.8 Å². The number of sulfonamides is 1. The molecule has 4 aromatic carbocycles. The van der Waals surface area contributed by atoms with E-state index in [1.165, 1.54) is 41.0 Å². The first kappa shape index (κ1) is 39.2. The molecule has 1 amide bonds. The third-order valence-corrected chi connectivity index (χ3v) is 12.2. The molecule has 2 aliphatic rings. The molecule has 7 rings (SSSR count). The van der Waals surface area contributed by atoms with E-state index in [2.05, 4.69) is 50.7 Å². The summed E-state index contributed by atoms with van der Waals surface area (Å²) in [6, 6.07) is 22.7. The van der Waals surface area contributed by atoms with Gasteiger partial charge in [-0.15, -0.1) is 0 Å². The number of anilines is 1. The van der Waals surface area contributed by atoms with Crippen LogP contribution in [0.5, 0.6) is 17.2 Å². The minimum absolute atomic E-state index is 0.0229. The highest BCUT2D eigenvalue weighted by Gasteiger charge is 2.30. The van der Waals surface area contributed by atoms with Gasteiger partial charge in [-0.1, -0.05) is 60.8 Å². The smallest absolute Gasteiger partial charge is 0.268 e. The van der Waals surface area contributed by atoms with Gasteiger partial charge in [0.2, 0.25) is 0 Å². The van der Waals surface area contributed by atoms with Gasteiger partial charge in [0.05, 0.1) is 38.8 Å². The Labute approximate surface area is 336 Å². The molecule has 1 fully saturated rings. The number of aliphatic hydroxyl groups is 1. The molecule has 2 heterocycles. The van der Waals surface area contributed by atoms with Crippen molar-refractivity contribution in [2.75, 3.05) is 44.2 Å². The summed E-state index contributed by atoms with van der Waals surface area (Å²) in [5.41, 5.74) is 6.00. The van der Waals surface area contributed by atoms with Gasteiger partial charge < -0.3 is 19.5 Å². The van der Waals surface area contributed by atoms with Gasteiger partial charge in [-0.3, -0.25) is 14.8 Å². The summed E-state index contributed by atoms with van der Waals surface area (Å²) < 4.78 is 40.9. The van der Waals surface area contributed by atoms with Crippen LogP contribution >= 0.6 is 23.2 Å². The van der Waals surface area contributed by atoms with Crippen LogP contribution in [0.3, 0.4) is 0 Å². The number of piperazine rings is 1. The van der Waals surface area contributed by atoms with Crippen molar-refractivity contribution in [3.63, 3.8) is 0 Å². The number of hydrogen-bond acceptors (Lipinski definition) is 9. The van der Waals surface area contributed by atoms with E-state index in [1.54, 1.807) is 30.5 Å². The maximum absolute atomic E-state index is 13.8. The van der Waals surface area contributed by atoms with Crippen LogP contribution in [0.4, 0.5) is 5.69 Å². The SMILES string of the molecule is CC1(C)CCC(CN2CCN(c3ccc(C(=O)NS(=O)(=O)c4ccc(OC/C=C\O)c(Cl)c4)c(Oc4cccc5[nH]ncc45)c3)CC2)=C(c2ccc(Cl)cc2)C1. The summed E-state index contributed by atoms with van der Waals surface area (Å²) in [4.78, 5) is 18.3. The average molecular weight is 817 g/mol. The number of rotatable bonds is 12. The van der Waals surface area contributed by atoms with Gasteiger partial charge in [-0.05, 0) is 96.5 Å². The summed E-state index contributed by atoms with van der Waals surface area (Å²) in [6.45, 7) is 8.80. The summed E-state index contributed by atoms with van der Waals surface area (Å²) in [6.07, 6.45) is 7.06. The summed E-state index contributed by atoms with van der Waals surface area (Å²) >= 11 is 12.5. The van der Waals surface area contributed by atoms with E-state index in [9.17, 15) is 13.2 Å². The Hall–Kier alpha value is -5.01. The van der Waals surface area contributed by atoms with Crippen molar-refractivity contribution in [2.45, 2.75) is 38.0 Å². The molecule has 0 spiro atoms. The highest BCUT2D eigenvalue weighted by atomic mass is 35.5. The van der Waals surface area contributed by atoms with Crippen molar-refractivity contribution in [1.29, 1.82) is 0 Å². The number of carbonyl (C=O) groups excluding carboxylic acids is 1. The second-order valence-corrected chi connectivity index (χ2v) is 17.3. The summed E-state index contributed by atoms with van der Waals surface area (Å²) in [5.74, 6) is -0.0179. The quantitative estimate of drug-likeness (QED) is 0.105. The Kier molecular flexibility index (Phi) is 11.6. The average Bonchev–Trinajstić information content (AvgIpc) is 3.67. The zero-order valence-electron chi connectivity index (χ0n) is 31.1. The summed E-state index contributed by atoms with van der Waals surface area (Å²) in [7, 11) is -4.36. The Balaban J connectivity index is 1.11. The van der Waals surface area contributed by atoms with E-state index in [0.29, 0.717) is 11.1 Å². The van der Waals surface area contributed by atoms with Gasteiger partial charge >= 0.3 is 0 Å². The van der Waals surface area contributed by atoms with Crippen LogP contribution in [0.2, 0.25) is 10.0 Å². The van der Waals surface area contributed by atoms with E-state index in [0.717, 1.165) is 74.5 Å². The van der Waals surface area contributed by atoms with E-state index >= 15 is 0 Å². The maximum Gasteiger partial charge on any atom is 0.268 e. The molecule has 0 radical (unpaired) electrons. The molecule has 0 atom stereocenters. The van der Waals surface area contributed by atoms with Crippen LogP contribution < -0.4 is 19.1 Å². The third kappa shape index (κ3) is 9.00. The Morgan fingerprint density at radius 2 is 1.77 bits per heavy atom. The van der Waals surface area contributed by atoms with Crippen molar-refractivity contribution < 1.29 is 27.8 Å². The largest absolute Gasteiger partial charge is 0.516 e. The van der Waals surface area contributed by atoms with Crippen molar-refractivity contribution in [3.05, 3.63) is 124 Å². The van der Waals surface area contributed by atoms with Gasteiger partial charge in [0.15, 0.2) is 0 Å². The zero-order chi connectivity index (χ0) is 39.5. The first-order valence-electron chi connectivity index (χ1n) is 18.4. The molecule has 1 saturated heterocycles. The normalized spacial score (nSPS) is 16.4. The lowest BCUT2D eigenvalue weighted by Gasteiger charge is -2.39. The van der Waals surface area contributed by atoms with Crippen molar-refractivity contribution in [3.8, 4) is 17.2 Å². The molecule has 1 aromatic heterocycles. The standard InChI is InChI=1S/C42H43Cl2N5O6S/c1-42(2)16-15-29(34(25-42)28-7-9-30(43)10-8-28)27-48-17-19-49(20-18-48)31-11-13-33(40(23-31)55-38-6-3-5-37-35(38)26-45-46-37)41(51)47-56(52,53)32-12-14-39(36(44)24-32)54-22-4-21-50/h3-14,21,23-24,26,50H,15-20,22,25,27H2,1-2H3,(H,45,46)(H,47,51)/b21-4-. The van der Waals surface area contributed by atoms with Gasteiger partial charge in [-0.2, -0.15) is 5.10 Å². The second kappa shape index (κ2) is 16.6. The predicted octanol–water partition coefficient (Wildman–Crippen LogP) is 9.02. The lowest BCUT2D eigenvalue weighted by atomic mass is 9.72. The molecule has 5 aromatic rings. The highest BCUT2D eigenvalue weighted by Crippen LogP contribution is 2.43. The number of aliphatic hydroxyl groups excluding tert-OH is 1. The molecule has 0 unspecified atom stereocenters.